The molecule has 0 amide bonds. The van der Waals surface area contributed by atoms with E-state index in [0.29, 0.717) is 4.77 Å². The van der Waals surface area contributed by atoms with E-state index in [0.717, 1.165) is 25.5 Å². The number of rotatable bonds is 5. The second-order valence-corrected chi connectivity index (χ2v) is 3.96. The lowest BCUT2D eigenvalue weighted by Gasteiger charge is -2.16. The van der Waals surface area contributed by atoms with Crippen molar-refractivity contribution < 1.29 is 0 Å². The molecule has 5 nitrogen and oxygen atoms in total. The predicted octanol–water partition coefficient (Wildman–Crippen LogP) is 0.855. The third kappa shape index (κ3) is 3.47. The van der Waals surface area contributed by atoms with Crippen molar-refractivity contribution in [2.45, 2.75) is 6.42 Å². The standard InChI is InChI=1S/C8H17N5S/c1-12(2)5-4-6-13(3)7-9-8(14)11-10-7/h4-6H2,1-3H3,(H2,9,10,11,14). The maximum atomic E-state index is 4.87. The molecule has 1 rings (SSSR count). The van der Waals surface area contributed by atoms with Crippen molar-refractivity contribution in [2.75, 3.05) is 39.1 Å². The van der Waals surface area contributed by atoms with Crippen LogP contribution in [0.3, 0.4) is 0 Å². The zero-order valence-corrected chi connectivity index (χ0v) is 9.69. The van der Waals surface area contributed by atoms with Crippen LogP contribution in [0, 0.1) is 4.77 Å². The van der Waals surface area contributed by atoms with Crippen molar-refractivity contribution in [1.29, 1.82) is 0 Å². The van der Waals surface area contributed by atoms with Gasteiger partial charge in [0, 0.05) is 13.6 Å². The lowest BCUT2D eigenvalue weighted by atomic mass is 10.4. The molecule has 0 saturated heterocycles. The highest BCUT2D eigenvalue weighted by Crippen LogP contribution is 2.02. The molecule has 80 valence electrons. The van der Waals surface area contributed by atoms with Crippen molar-refractivity contribution in [1.82, 2.24) is 20.1 Å². The topological polar surface area (TPSA) is 50.9 Å². The van der Waals surface area contributed by atoms with Gasteiger partial charge in [0.05, 0.1) is 0 Å². The van der Waals surface area contributed by atoms with E-state index in [9.17, 15) is 0 Å². The van der Waals surface area contributed by atoms with Crippen LogP contribution in [0.5, 0.6) is 0 Å². The molecule has 0 radical (unpaired) electrons. The van der Waals surface area contributed by atoms with Crippen molar-refractivity contribution in [3.8, 4) is 0 Å². The van der Waals surface area contributed by atoms with Gasteiger partial charge < -0.3 is 9.80 Å². The van der Waals surface area contributed by atoms with Gasteiger partial charge in [-0.05, 0) is 39.3 Å². The number of aromatic nitrogens is 3. The van der Waals surface area contributed by atoms with Crippen LogP contribution < -0.4 is 4.90 Å². The Labute approximate surface area is 89.1 Å². The smallest absolute Gasteiger partial charge is 0.220 e. The van der Waals surface area contributed by atoms with E-state index in [-0.39, 0.29) is 0 Å². The number of anilines is 1. The summed E-state index contributed by atoms with van der Waals surface area (Å²) in [5.41, 5.74) is 0. The average Bonchev–Trinajstić information content (AvgIpc) is 2.51. The third-order valence-corrected chi connectivity index (χ3v) is 2.14. The number of nitrogens with one attached hydrogen (secondary N) is 2. The highest BCUT2D eigenvalue weighted by atomic mass is 32.1. The molecular weight excluding hydrogens is 198 g/mol. The fraction of sp³-hybridized carbons (Fsp3) is 0.750. The highest BCUT2D eigenvalue weighted by molar-refractivity contribution is 7.71. The third-order valence-electron chi connectivity index (χ3n) is 1.95. The first-order chi connectivity index (χ1) is 6.59. The molecule has 0 aliphatic heterocycles. The Morgan fingerprint density at radius 3 is 2.43 bits per heavy atom. The van der Waals surface area contributed by atoms with Gasteiger partial charge in [-0.25, -0.2) is 0 Å². The zero-order chi connectivity index (χ0) is 10.6. The quantitative estimate of drug-likeness (QED) is 0.715. The van der Waals surface area contributed by atoms with E-state index < -0.39 is 0 Å². The van der Waals surface area contributed by atoms with Gasteiger partial charge in [-0.15, -0.1) is 0 Å². The van der Waals surface area contributed by atoms with E-state index in [4.69, 9.17) is 12.2 Å². The van der Waals surface area contributed by atoms with Crippen LogP contribution in [-0.4, -0.2) is 54.3 Å². The van der Waals surface area contributed by atoms with Gasteiger partial charge in [-0.1, -0.05) is 0 Å². The Bertz CT molecular complexity index is 316. The second-order valence-electron chi connectivity index (χ2n) is 3.57. The minimum atomic E-state index is 0.499. The number of hydrogen-bond donors (Lipinski definition) is 2. The molecule has 0 atom stereocenters. The van der Waals surface area contributed by atoms with Crippen molar-refractivity contribution in [2.24, 2.45) is 0 Å². The summed E-state index contributed by atoms with van der Waals surface area (Å²) in [4.78, 5) is 8.34. The molecule has 0 unspecified atom stereocenters. The Morgan fingerprint density at radius 2 is 1.93 bits per heavy atom. The van der Waals surface area contributed by atoms with Gasteiger partial charge in [-0.3, -0.25) is 10.2 Å². The lowest BCUT2D eigenvalue weighted by molar-refractivity contribution is 0.401. The number of aromatic amines is 2. The van der Waals surface area contributed by atoms with Crippen LogP contribution in [0.4, 0.5) is 5.95 Å². The van der Waals surface area contributed by atoms with Gasteiger partial charge in [0.25, 0.3) is 0 Å². The van der Waals surface area contributed by atoms with Crippen LogP contribution in [0.2, 0.25) is 0 Å². The Balaban J connectivity index is 2.35. The summed E-state index contributed by atoms with van der Waals surface area (Å²) < 4.78 is 0.499. The minimum Gasteiger partial charge on any atom is -0.344 e. The molecule has 1 aromatic heterocycles. The zero-order valence-electron chi connectivity index (χ0n) is 8.87. The first-order valence-corrected chi connectivity index (χ1v) is 5.01. The van der Waals surface area contributed by atoms with E-state index in [1.807, 2.05) is 7.05 Å². The molecular formula is C8H17N5S. The second kappa shape index (κ2) is 5.11. The van der Waals surface area contributed by atoms with Gasteiger partial charge in [0.2, 0.25) is 10.7 Å². The molecule has 0 aliphatic carbocycles. The van der Waals surface area contributed by atoms with Gasteiger partial charge in [0.15, 0.2) is 0 Å². The average molecular weight is 215 g/mol. The van der Waals surface area contributed by atoms with Crippen LogP contribution >= 0.6 is 12.2 Å². The fourth-order valence-electron chi connectivity index (χ4n) is 1.17. The van der Waals surface area contributed by atoms with E-state index >= 15 is 0 Å². The summed E-state index contributed by atoms with van der Waals surface area (Å²) in [6, 6.07) is 0. The van der Waals surface area contributed by atoms with Crippen LogP contribution in [-0.2, 0) is 0 Å². The molecule has 2 N–H and O–H groups in total. The summed E-state index contributed by atoms with van der Waals surface area (Å²) in [7, 11) is 6.14. The molecule has 0 aliphatic rings. The fourth-order valence-corrected chi connectivity index (χ4v) is 1.31. The minimum absolute atomic E-state index is 0.499. The number of hydrogen-bond acceptors (Lipinski definition) is 4. The first-order valence-electron chi connectivity index (χ1n) is 4.60. The van der Waals surface area contributed by atoms with E-state index in [1.165, 1.54) is 0 Å². The van der Waals surface area contributed by atoms with Crippen LogP contribution in [0.1, 0.15) is 6.42 Å². The normalized spacial score (nSPS) is 10.9. The number of H-pyrrole nitrogens is 2. The summed E-state index contributed by atoms with van der Waals surface area (Å²) >= 11 is 4.87. The summed E-state index contributed by atoms with van der Waals surface area (Å²) in [6.45, 7) is 2.05. The Morgan fingerprint density at radius 1 is 1.21 bits per heavy atom. The van der Waals surface area contributed by atoms with Crippen molar-refractivity contribution >= 4 is 18.2 Å². The molecule has 1 heterocycles. The predicted molar refractivity (Wildman–Crippen MR) is 60.2 cm³/mol. The molecule has 0 fully saturated rings. The molecule has 14 heavy (non-hydrogen) atoms. The first kappa shape index (κ1) is 11.2. The molecule has 0 aromatic carbocycles. The highest BCUT2D eigenvalue weighted by Gasteiger charge is 2.03. The Hall–Kier alpha value is -0.880. The lowest BCUT2D eigenvalue weighted by Crippen LogP contribution is -2.24. The SMILES string of the molecule is CN(C)CCCN(C)c1nc(=S)[nH][nH]1. The summed E-state index contributed by atoms with van der Waals surface area (Å²) in [5.74, 6) is 0.800. The number of nitrogens with zero attached hydrogens (tertiary/aromatic N) is 3. The van der Waals surface area contributed by atoms with Gasteiger partial charge >= 0.3 is 0 Å². The molecule has 0 saturated carbocycles. The maximum Gasteiger partial charge on any atom is 0.220 e. The van der Waals surface area contributed by atoms with Gasteiger partial charge in [0.1, 0.15) is 0 Å². The summed E-state index contributed by atoms with van der Waals surface area (Å²) in [6.07, 6.45) is 1.11. The van der Waals surface area contributed by atoms with Crippen LogP contribution in [0.15, 0.2) is 0 Å². The molecule has 0 spiro atoms. The van der Waals surface area contributed by atoms with Gasteiger partial charge in [-0.2, -0.15) is 4.98 Å². The van der Waals surface area contributed by atoms with Crippen molar-refractivity contribution in [3.63, 3.8) is 0 Å². The van der Waals surface area contributed by atoms with Crippen LogP contribution in [0.25, 0.3) is 0 Å². The maximum absolute atomic E-state index is 4.87. The summed E-state index contributed by atoms with van der Waals surface area (Å²) in [5, 5.41) is 5.69. The molecule has 1 aromatic rings. The van der Waals surface area contributed by atoms with E-state index in [2.05, 4.69) is 39.1 Å². The monoisotopic (exact) mass is 215 g/mol. The molecule has 0 bridgehead atoms. The largest absolute Gasteiger partial charge is 0.344 e. The molecule has 6 heteroatoms. The Kier molecular flexibility index (Phi) is 4.09. The van der Waals surface area contributed by atoms with Crippen molar-refractivity contribution in [3.05, 3.63) is 4.77 Å². The van der Waals surface area contributed by atoms with E-state index in [1.54, 1.807) is 0 Å².